The van der Waals surface area contributed by atoms with Crippen LogP contribution in [0.3, 0.4) is 0 Å². The molecule has 0 radical (unpaired) electrons. The Morgan fingerprint density at radius 3 is 1.74 bits per heavy atom. The zero-order valence-electron chi connectivity index (χ0n) is 13.6. The lowest BCUT2D eigenvalue weighted by molar-refractivity contribution is -0.277. The molecule has 0 aromatic carbocycles. The number of rotatable bonds is 0. The van der Waals surface area contributed by atoms with Gasteiger partial charge in [-0.15, -0.1) is 23.5 Å². The van der Waals surface area contributed by atoms with Crippen molar-refractivity contribution in [2.45, 2.75) is 67.7 Å². The molecule has 0 atom stereocenters. The summed E-state index contributed by atoms with van der Waals surface area (Å²) in [6.07, 6.45) is 7.66. The maximum absolute atomic E-state index is 11.0. The highest BCUT2D eigenvalue weighted by Gasteiger charge is 2.39. The molecule has 4 fully saturated rings. The van der Waals surface area contributed by atoms with E-state index in [0.29, 0.717) is 28.5 Å². The van der Waals surface area contributed by atoms with Crippen molar-refractivity contribution in [3.05, 3.63) is 0 Å². The molecule has 2 saturated carbocycles. The Morgan fingerprint density at radius 1 is 0.739 bits per heavy atom. The van der Waals surface area contributed by atoms with Crippen molar-refractivity contribution in [1.29, 1.82) is 0 Å². The fraction of sp³-hybridized carbons (Fsp3) is 0.882. The summed E-state index contributed by atoms with van der Waals surface area (Å²) in [5.41, 5.74) is 0. The van der Waals surface area contributed by atoms with Gasteiger partial charge < -0.3 is 9.47 Å². The molecule has 0 N–H and O–H groups in total. The highest BCUT2D eigenvalue weighted by atomic mass is 32.2. The molecule has 6 heteroatoms. The Kier molecular flexibility index (Phi) is 6.10. The van der Waals surface area contributed by atoms with Crippen molar-refractivity contribution >= 4 is 35.1 Å². The van der Waals surface area contributed by atoms with Crippen molar-refractivity contribution in [1.82, 2.24) is 0 Å². The lowest BCUT2D eigenvalue weighted by Gasteiger charge is -2.39. The van der Waals surface area contributed by atoms with Crippen LogP contribution in [-0.2, 0) is 19.1 Å². The summed E-state index contributed by atoms with van der Waals surface area (Å²) in [5.74, 6) is 3.02. The first kappa shape index (κ1) is 17.8. The first-order chi connectivity index (χ1) is 11.1. The SMILES string of the molecule is O=C1CCC2(CC1)OCCCO2.O=C1CCC2(CC1)SCCS2. The van der Waals surface area contributed by atoms with Gasteiger partial charge in [-0.05, 0) is 19.3 Å². The molecule has 2 spiro atoms. The quantitative estimate of drug-likeness (QED) is 0.660. The molecule has 2 aliphatic heterocycles. The minimum absolute atomic E-state index is 0.346. The number of hydrogen-bond donors (Lipinski definition) is 0. The van der Waals surface area contributed by atoms with Gasteiger partial charge in [-0.3, -0.25) is 9.59 Å². The van der Waals surface area contributed by atoms with Crippen LogP contribution in [0.4, 0.5) is 0 Å². The smallest absolute Gasteiger partial charge is 0.169 e. The summed E-state index contributed by atoms with van der Waals surface area (Å²) >= 11 is 4.16. The van der Waals surface area contributed by atoms with Gasteiger partial charge in [0.15, 0.2) is 5.79 Å². The van der Waals surface area contributed by atoms with Crippen LogP contribution in [0, 0.1) is 0 Å². The first-order valence-corrected chi connectivity index (χ1v) is 10.7. The summed E-state index contributed by atoms with van der Waals surface area (Å²) in [4.78, 5) is 22.0. The monoisotopic (exact) mass is 358 g/mol. The van der Waals surface area contributed by atoms with Crippen molar-refractivity contribution < 1.29 is 19.1 Å². The topological polar surface area (TPSA) is 52.6 Å². The molecule has 0 unspecified atom stereocenters. The van der Waals surface area contributed by atoms with Gasteiger partial charge in [0.2, 0.25) is 0 Å². The molecule has 2 aliphatic carbocycles. The highest BCUT2D eigenvalue weighted by Crippen LogP contribution is 2.52. The van der Waals surface area contributed by atoms with E-state index in [4.69, 9.17) is 9.47 Å². The standard InChI is InChI=1S/C9H14O3.C8H12OS2/c10-8-2-4-9(5-3-8)11-6-1-7-12-9;9-7-1-3-8(4-2-7)10-5-6-11-8/h1-7H2;1-6H2. The van der Waals surface area contributed by atoms with Gasteiger partial charge >= 0.3 is 0 Å². The lowest BCUT2D eigenvalue weighted by atomic mass is 9.92. The number of ether oxygens (including phenoxy) is 2. The number of carbonyl (C=O) groups excluding carboxylic acids is 2. The van der Waals surface area contributed by atoms with E-state index >= 15 is 0 Å². The van der Waals surface area contributed by atoms with Gasteiger partial charge in [-0.1, -0.05) is 0 Å². The van der Waals surface area contributed by atoms with E-state index in [0.717, 1.165) is 58.2 Å². The molecule has 0 aromatic rings. The zero-order valence-corrected chi connectivity index (χ0v) is 15.3. The van der Waals surface area contributed by atoms with Gasteiger partial charge in [0.25, 0.3) is 0 Å². The number of thioether (sulfide) groups is 2. The molecule has 4 rings (SSSR count). The summed E-state index contributed by atoms with van der Waals surface area (Å²) in [6, 6.07) is 0. The van der Waals surface area contributed by atoms with Crippen LogP contribution < -0.4 is 0 Å². The molecule has 4 aliphatic rings. The largest absolute Gasteiger partial charge is 0.350 e. The Morgan fingerprint density at radius 2 is 1.22 bits per heavy atom. The van der Waals surface area contributed by atoms with E-state index in [1.807, 2.05) is 0 Å². The third-order valence-corrected chi connectivity index (χ3v) is 8.62. The second-order valence-electron chi connectivity index (χ2n) is 6.65. The van der Waals surface area contributed by atoms with Gasteiger partial charge in [-0.2, -0.15) is 0 Å². The van der Waals surface area contributed by atoms with Crippen molar-refractivity contribution in [2.75, 3.05) is 24.7 Å². The maximum Gasteiger partial charge on any atom is 0.169 e. The number of Topliss-reactive ketones (excluding diaryl/α,β-unsaturated/α-hetero) is 2. The average Bonchev–Trinajstić information content (AvgIpc) is 3.04. The summed E-state index contributed by atoms with van der Waals surface area (Å²) in [5, 5.41) is 0. The third-order valence-electron chi connectivity index (χ3n) is 4.97. The molecule has 23 heavy (non-hydrogen) atoms. The van der Waals surface area contributed by atoms with Crippen LogP contribution in [0.1, 0.15) is 57.8 Å². The molecule has 4 nitrogen and oxygen atoms in total. The van der Waals surface area contributed by atoms with Gasteiger partial charge in [-0.25, -0.2) is 0 Å². The van der Waals surface area contributed by atoms with Crippen LogP contribution in [0.15, 0.2) is 0 Å². The van der Waals surface area contributed by atoms with Crippen molar-refractivity contribution in [3.8, 4) is 0 Å². The van der Waals surface area contributed by atoms with E-state index in [-0.39, 0.29) is 5.79 Å². The Balaban J connectivity index is 0.000000136. The molecular formula is C17H26O4S2. The Hall–Kier alpha value is -0.0400. The van der Waals surface area contributed by atoms with Gasteiger partial charge in [0, 0.05) is 50.0 Å². The predicted octanol–water partition coefficient (Wildman–Crippen LogP) is 3.57. The summed E-state index contributed by atoms with van der Waals surface area (Å²) < 4.78 is 11.6. The summed E-state index contributed by atoms with van der Waals surface area (Å²) in [7, 11) is 0. The van der Waals surface area contributed by atoms with Gasteiger partial charge in [0.1, 0.15) is 11.6 Å². The third kappa shape index (κ3) is 4.74. The zero-order chi connectivity index (χ0) is 16.2. The van der Waals surface area contributed by atoms with E-state index in [1.165, 1.54) is 11.5 Å². The van der Waals surface area contributed by atoms with Gasteiger partial charge in [0.05, 0.1) is 17.3 Å². The van der Waals surface area contributed by atoms with E-state index in [2.05, 4.69) is 23.5 Å². The lowest BCUT2D eigenvalue weighted by Crippen LogP contribution is -2.43. The number of carbonyl (C=O) groups is 2. The fourth-order valence-electron chi connectivity index (χ4n) is 3.51. The van der Waals surface area contributed by atoms with E-state index in [9.17, 15) is 9.59 Å². The van der Waals surface area contributed by atoms with Crippen molar-refractivity contribution in [3.63, 3.8) is 0 Å². The van der Waals surface area contributed by atoms with Crippen LogP contribution >= 0.6 is 23.5 Å². The predicted molar refractivity (Wildman–Crippen MR) is 93.8 cm³/mol. The molecule has 2 heterocycles. The van der Waals surface area contributed by atoms with Crippen molar-refractivity contribution in [2.24, 2.45) is 0 Å². The second-order valence-corrected chi connectivity index (χ2v) is 9.86. The second kappa shape index (κ2) is 7.89. The Labute approximate surface area is 146 Å². The van der Waals surface area contributed by atoms with Crippen LogP contribution in [0.5, 0.6) is 0 Å². The van der Waals surface area contributed by atoms with E-state index in [1.54, 1.807) is 0 Å². The highest BCUT2D eigenvalue weighted by molar-refractivity contribution is 8.21. The first-order valence-electron chi connectivity index (χ1n) is 8.71. The molecule has 2 saturated heterocycles. The van der Waals surface area contributed by atoms with Crippen LogP contribution in [-0.4, -0.2) is 46.2 Å². The Bertz CT molecular complexity index is 416. The fourth-order valence-corrected chi connectivity index (χ4v) is 6.74. The number of hydrogen-bond acceptors (Lipinski definition) is 6. The molecule has 0 bridgehead atoms. The molecular weight excluding hydrogens is 332 g/mol. The minimum atomic E-state index is -0.383. The van der Waals surface area contributed by atoms with E-state index < -0.39 is 0 Å². The maximum atomic E-state index is 11.0. The van der Waals surface area contributed by atoms with Crippen LogP contribution in [0.2, 0.25) is 0 Å². The minimum Gasteiger partial charge on any atom is -0.350 e. The summed E-state index contributed by atoms with van der Waals surface area (Å²) in [6.45, 7) is 1.57. The molecule has 0 amide bonds. The number of ketones is 2. The molecule has 130 valence electrons. The van der Waals surface area contributed by atoms with Crippen LogP contribution in [0.25, 0.3) is 0 Å². The normalized spacial score (nSPS) is 29.4. The molecule has 0 aromatic heterocycles. The average molecular weight is 359 g/mol.